The fourth-order valence-electron chi connectivity index (χ4n) is 2.30. The zero-order chi connectivity index (χ0) is 19.7. The maximum atomic E-state index is 12.9. The van der Waals surface area contributed by atoms with E-state index in [1.165, 1.54) is 12.1 Å². The summed E-state index contributed by atoms with van der Waals surface area (Å²) < 4.78 is 43.1. The van der Waals surface area contributed by atoms with Crippen molar-refractivity contribution in [1.29, 1.82) is 0 Å². The molecule has 0 heterocycles. The van der Waals surface area contributed by atoms with Crippen LogP contribution in [0.15, 0.2) is 64.5 Å². The summed E-state index contributed by atoms with van der Waals surface area (Å²) in [6.45, 7) is 2.54. The minimum Gasteiger partial charge on any atom is -0.489 e. The van der Waals surface area contributed by atoms with Gasteiger partial charge in [0.05, 0.1) is 17.2 Å². The van der Waals surface area contributed by atoms with Crippen LogP contribution in [0, 0.1) is 5.82 Å². The lowest BCUT2D eigenvalue weighted by Gasteiger charge is -2.17. The van der Waals surface area contributed by atoms with Crippen molar-refractivity contribution in [2.75, 3.05) is 25.9 Å². The van der Waals surface area contributed by atoms with Gasteiger partial charge in [-0.1, -0.05) is 18.2 Å². The van der Waals surface area contributed by atoms with Crippen molar-refractivity contribution in [3.8, 4) is 5.75 Å². The van der Waals surface area contributed by atoms with Gasteiger partial charge < -0.3 is 15.4 Å². The molecule has 0 saturated heterocycles. The summed E-state index contributed by atoms with van der Waals surface area (Å²) in [6.07, 6.45) is -0.193. The van der Waals surface area contributed by atoms with Crippen molar-refractivity contribution in [3.63, 3.8) is 0 Å². The second-order valence-corrected chi connectivity index (χ2v) is 8.00. The van der Waals surface area contributed by atoms with E-state index < -0.39 is 9.84 Å². The van der Waals surface area contributed by atoms with Crippen LogP contribution in [-0.2, 0) is 9.84 Å². The highest BCUT2D eigenvalue weighted by Gasteiger charge is 2.13. The molecule has 2 rings (SSSR count). The van der Waals surface area contributed by atoms with Crippen molar-refractivity contribution >= 4 is 15.8 Å². The van der Waals surface area contributed by atoms with Gasteiger partial charge >= 0.3 is 0 Å². The Morgan fingerprint density at radius 2 is 1.78 bits per heavy atom. The maximum Gasteiger partial charge on any atom is 0.191 e. The number of hydrogen-bond acceptors (Lipinski definition) is 4. The highest BCUT2D eigenvalue weighted by molar-refractivity contribution is 7.91. The molecular weight excluding hydrogens is 369 g/mol. The molecule has 0 amide bonds. The van der Waals surface area contributed by atoms with E-state index in [4.69, 9.17) is 4.74 Å². The van der Waals surface area contributed by atoms with Crippen LogP contribution in [0.5, 0.6) is 5.75 Å². The molecule has 2 N–H and O–H groups in total. The predicted molar refractivity (Wildman–Crippen MR) is 104 cm³/mol. The number of aliphatic imine (C=N–C) groups is 1. The van der Waals surface area contributed by atoms with Gasteiger partial charge in [0.2, 0.25) is 0 Å². The summed E-state index contributed by atoms with van der Waals surface area (Å²) in [7, 11) is -1.74. The number of ether oxygens (including phenoxy) is 1. The molecule has 0 aliphatic heterocycles. The normalized spacial score (nSPS) is 13.1. The molecule has 1 atom stereocenters. The van der Waals surface area contributed by atoms with Gasteiger partial charge in [0.15, 0.2) is 15.8 Å². The number of sulfone groups is 1. The summed E-state index contributed by atoms with van der Waals surface area (Å²) >= 11 is 0. The monoisotopic (exact) mass is 393 g/mol. The average molecular weight is 393 g/mol. The van der Waals surface area contributed by atoms with Crippen LogP contribution in [0.25, 0.3) is 0 Å². The van der Waals surface area contributed by atoms with Crippen LogP contribution in [0.1, 0.15) is 6.92 Å². The summed E-state index contributed by atoms with van der Waals surface area (Å²) in [5.74, 6) is 0.693. The minimum atomic E-state index is -3.34. The fourth-order valence-corrected chi connectivity index (χ4v) is 3.48. The van der Waals surface area contributed by atoms with Crippen LogP contribution >= 0.6 is 0 Å². The first kappa shape index (κ1) is 20.7. The van der Waals surface area contributed by atoms with E-state index in [1.54, 1.807) is 49.5 Å². The lowest BCUT2D eigenvalue weighted by Crippen LogP contribution is -2.43. The molecule has 0 aromatic heterocycles. The smallest absolute Gasteiger partial charge is 0.191 e. The topological polar surface area (TPSA) is 79.8 Å². The van der Waals surface area contributed by atoms with E-state index in [-0.39, 0.29) is 24.2 Å². The Morgan fingerprint density at radius 1 is 1.11 bits per heavy atom. The molecule has 0 saturated carbocycles. The molecule has 0 radical (unpaired) electrons. The first-order chi connectivity index (χ1) is 12.9. The number of benzene rings is 2. The third-order valence-corrected chi connectivity index (χ3v) is 5.43. The first-order valence-electron chi connectivity index (χ1n) is 8.55. The van der Waals surface area contributed by atoms with Crippen LogP contribution in [0.2, 0.25) is 0 Å². The van der Waals surface area contributed by atoms with Gasteiger partial charge in [-0.25, -0.2) is 12.8 Å². The highest BCUT2D eigenvalue weighted by atomic mass is 32.2. The van der Waals surface area contributed by atoms with E-state index in [0.29, 0.717) is 23.1 Å². The second kappa shape index (κ2) is 9.91. The molecule has 2 aromatic carbocycles. The Kier molecular flexibility index (Phi) is 7.60. The Bertz CT molecular complexity index is 840. The third kappa shape index (κ3) is 6.90. The van der Waals surface area contributed by atoms with Gasteiger partial charge in [0.25, 0.3) is 0 Å². The van der Waals surface area contributed by atoms with E-state index >= 15 is 0 Å². The highest BCUT2D eigenvalue weighted by Crippen LogP contribution is 2.12. The number of halogens is 1. The van der Waals surface area contributed by atoms with E-state index in [9.17, 15) is 12.8 Å². The molecule has 1 unspecified atom stereocenters. The van der Waals surface area contributed by atoms with E-state index in [0.717, 1.165) is 0 Å². The fraction of sp³-hybridized carbons (Fsp3) is 0.316. The lowest BCUT2D eigenvalue weighted by atomic mass is 10.3. The van der Waals surface area contributed by atoms with Gasteiger partial charge in [0, 0.05) is 13.6 Å². The Hall–Kier alpha value is -2.61. The molecule has 0 fully saturated rings. The van der Waals surface area contributed by atoms with Crippen LogP contribution in [-0.4, -0.2) is 46.4 Å². The van der Waals surface area contributed by atoms with Crippen LogP contribution in [0.4, 0.5) is 4.39 Å². The molecule has 0 aliphatic carbocycles. The molecule has 8 heteroatoms. The van der Waals surface area contributed by atoms with Gasteiger partial charge in [-0.05, 0) is 43.3 Å². The number of guanidine groups is 1. The Balaban J connectivity index is 1.76. The van der Waals surface area contributed by atoms with Crippen molar-refractivity contribution in [1.82, 2.24) is 10.6 Å². The number of nitrogens with one attached hydrogen (secondary N) is 2. The zero-order valence-electron chi connectivity index (χ0n) is 15.4. The van der Waals surface area contributed by atoms with Gasteiger partial charge in [-0.2, -0.15) is 0 Å². The number of rotatable bonds is 8. The van der Waals surface area contributed by atoms with Crippen LogP contribution in [0.3, 0.4) is 0 Å². The number of hydrogen-bond donors (Lipinski definition) is 2. The lowest BCUT2D eigenvalue weighted by molar-refractivity contribution is 0.223. The van der Waals surface area contributed by atoms with Gasteiger partial charge in [-0.3, -0.25) is 4.99 Å². The standard InChI is InChI=1S/C19H24FN3O3S/c1-15(26-17-10-8-16(20)9-11-17)14-23-19(21-2)22-12-13-27(24,25)18-6-4-3-5-7-18/h3-11,15H,12-14H2,1-2H3,(H2,21,22,23). The predicted octanol–water partition coefficient (Wildman–Crippen LogP) is 2.23. The van der Waals surface area contributed by atoms with Crippen molar-refractivity contribution in [2.24, 2.45) is 4.99 Å². The largest absolute Gasteiger partial charge is 0.489 e. The summed E-state index contributed by atoms with van der Waals surface area (Å²) in [6, 6.07) is 14.1. The molecule has 0 spiro atoms. The van der Waals surface area contributed by atoms with Crippen molar-refractivity contribution < 1.29 is 17.5 Å². The van der Waals surface area contributed by atoms with Gasteiger partial charge in [0.1, 0.15) is 17.7 Å². The van der Waals surface area contributed by atoms with Crippen molar-refractivity contribution in [3.05, 3.63) is 60.4 Å². The summed E-state index contributed by atoms with van der Waals surface area (Å²) in [4.78, 5) is 4.37. The Morgan fingerprint density at radius 3 is 2.41 bits per heavy atom. The van der Waals surface area contributed by atoms with Crippen LogP contribution < -0.4 is 15.4 Å². The SMILES string of the molecule is CN=C(NCCS(=O)(=O)c1ccccc1)NCC(C)Oc1ccc(F)cc1. The van der Waals surface area contributed by atoms with Gasteiger partial charge in [-0.15, -0.1) is 0 Å². The van der Waals surface area contributed by atoms with E-state index in [2.05, 4.69) is 15.6 Å². The molecule has 27 heavy (non-hydrogen) atoms. The second-order valence-electron chi connectivity index (χ2n) is 5.89. The molecule has 146 valence electrons. The molecule has 6 nitrogen and oxygen atoms in total. The minimum absolute atomic E-state index is 0.0423. The summed E-state index contributed by atoms with van der Waals surface area (Å²) in [5, 5.41) is 6.05. The molecule has 0 aliphatic rings. The quantitative estimate of drug-likeness (QED) is 0.531. The molecule has 0 bridgehead atoms. The average Bonchev–Trinajstić information content (AvgIpc) is 2.67. The summed E-state index contributed by atoms with van der Waals surface area (Å²) in [5.41, 5.74) is 0. The van der Waals surface area contributed by atoms with E-state index in [1.807, 2.05) is 6.92 Å². The Labute approximate surface area is 159 Å². The first-order valence-corrected chi connectivity index (χ1v) is 10.2. The van der Waals surface area contributed by atoms with Crippen molar-refractivity contribution in [2.45, 2.75) is 17.9 Å². The maximum absolute atomic E-state index is 12.9. The molecule has 2 aromatic rings. The number of nitrogens with zero attached hydrogens (tertiary/aromatic N) is 1. The molecular formula is C19H24FN3O3S. The third-order valence-electron chi connectivity index (χ3n) is 3.70. The zero-order valence-corrected chi connectivity index (χ0v) is 16.2.